The van der Waals surface area contributed by atoms with Crippen LogP contribution in [0.2, 0.25) is 0 Å². The summed E-state index contributed by atoms with van der Waals surface area (Å²) >= 11 is 5.36. The number of halogens is 1. The first-order valence-electron chi connectivity index (χ1n) is 3.70. The van der Waals surface area contributed by atoms with Gasteiger partial charge >= 0.3 is 0 Å². The van der Waals surface area contributed by atoms with E-state index in [9.17, 15) is 4.79 Å². The smallest absolute Gasteiger partial charge is 0.257 e. The summed E-state index contributed by atoms with van der Waals surface area (Å²) in [5.41, 5.74) is 0.963. The van der Waals surface area contributed by atoms with Gasteiger partial charge in [0.15, 0.2) is 5.76 Å². The van der Waals surface area contributed by atoms with Crippen molar-refractivity contribution in [2.45, 2.75) is 26.7 Å². The molecule has 0 aromatic carbocycles. The van der Waals surface area contributed by atoms with Crippen molar-refractivity contribution in [3.8, 4) is 0 Å². The Bertz CT molecular complexity index is 304. The quantitative estimate of drug-likeness (QED) is 0.668. The predicted octanol–water partition coefficient (Wildman–Crippen LogP) is 2.49. The summed E-state index contributed by atoms with van der Waals surface area (Å²) in [5.74, 6) is 0.691. The Morgan fingerprint density at radius 2 is 2.17 bits per heavy atom. The fourth-order valence-electron chi connectivity index (χ4n) is 1.02. The molecule has 1 rings (SSSR count). The van der Waals surface area contributed by atoms with Crippen LogP contribution in [-0.4, -0.2) is 10.4 Å². The molecule has 66 valence electrons. The third kappa shape index (κ3) is 1.50. The van der Waals surface area contributed by atoms with Gasteiger partial charge in [0.05, 0.1) is 11.3 Å². The van der Waals surface area contributed by atoms with E-state index in [1.165, 1.54) is 0 Å². The molecular weight excluding hydrogens is 178 g/mol. The van der Waals surface area contributed by atoms with Crippen LogP contribution in [0.3, 0.4) is 0 Å². The lowest BCUT2D eigenvalue weighted by Crippen LogP contribution is -1.96. The Balaban J connectivity index is 3.21. The second-order valence-electron chi connectivity index (χ2n) is 2.94. The first-order valence-corrected chi connectivity index (χ1v) is 4.07. The van der Waals surface area contributed by atoms with Crippen molar-refractivity contribution in [1.29, 1.82) is 0 Å². The summed E-state index contributed by atoms with van der Waals surface area (Å²) in [6.07, 6.45) is 0. The highest BCUT2D eigenvalue weighted by molar-refractivity contribution is 6.68. The SMILES string of the molecule is Cc1noc(C(C)C)c1C(=O)Cl. The van der Waals surface area contributed by atoms with Crippen LogP contribution in [-0.2, 0) is 0 Å². The molecule has 12 heavy (non-hydrogen) atoms. The fraction of sp³-hybridized carbons (Fsp3) is 0.500. The third-order valence-corrected chi connectivity index (χ3v) is 1.80. The molecule has 0 unspecified atom stereocenters. The summed E-state index contributed by atoms with van der Waals surface area (Å²) in [7, 11) is 0. The first kappa shape index (κ1) is 9.26. The highest BCUT2D eigenvalue weighted by Crippen LogP contribution is 2.23. The van der Waals surface area contributed by atoms with Gasteiger partial charge in [-0.1, -0.05) is 19.0 Å². The van der Waals surface area contributed by atoms with Crippen LogP contribution in [0.25, 0.3) is 0 Å². The average Bonchev–Trinajstić information content (AvgIpc) is 2.30. The second kappa shape index (κ2) is 3.27. The van der Waals surface area contributed by atoms with E-state index in [2.05, 4.69) is 5.16 Å². The minimum Gasteiger partial charge on any atom is -0.360 e. The van der Waals surface area contributed by atoms with Crippen molar-refractivity contribution in [3.63, 3.8) is 0 Å². The molecule has 0 fully saturated rings. The molecule has 0 spiro atoms. The molecule has 4 heteroatoms. The second-order valence-corrected chi connectivity index (χ2v) is 3.28. The number of hydrogen-bond donors (Lipinski definition) is 0. The van der Waals surface area contributed by atoms with Gasteiger partial charge in [0.1, 0.15) is 0 Å². The molecule has 0 saturated heterocycles. The molecule has 1 aromatic rings. The molecular formula is C8H10ClNO2. The van der Waals surface area contributed by atoms with Gasteiger partial charge in [0.25, 0.3) is 5.24 Å². The van der Waals surface area contributed by atoms with Crippen LogP contribution in [0, 0.1) is 6.92 Å². The Morgan fingerprint density at radius 3 is 2.50 bits per heavy atom. The minimum absolute atomic E-state index is 0.129. The van der Waals surface area contributed by atoms with Gasteiger partial charge < -0.3 is 4.52 Å². The fourth-order valence-corrected chi connectivity index (χ4v) is 1.25. The normalized spacial score (nSPS) is 10.8. The molecule has 0 aliphatic carbocycles. The molecule has 0 aliphatic heterocycles. The molecule has 0 amide bonds. The number of aryl methyl sites for hydroxylation is 1. The highest BCUT2D eigenvalue weighted by Gasteiger charge is 2.20. The molecule has 1 aromatic heterocycles. The van der Waals surface area contributed by atoms with E-state index in [-0.39, 0.29) is 5.92 Å². The van der Waals surface area contributed by atoms with Gasteiger partial charge in [-0.3, -0.25) is 4.79 Å². The van der Waals surface area contributed by atoms with E-state index in [0.717, 1.165) is 0 Å². The zero-order valence-electron chi connectivity index (χ0n) is 7.22. The molecule has 0 N–H and O–H groups in total. The summed E-state index contributed by atoms with van der Waals surface area (Å²) in [6.45, 7) is 5.54. The number of nitrogens with zero attached hydrogens (tertiary/aromatic N) is 1. The number of carbonyl (C=O) groups excluding carboxylic acids is 1. The van der Waals surface area contributed by atoms with E-state index in [4.69, 9.17) is 16.1 Å². The van der Waals surface area contributed by atoms with Gasteiger partial charge in [0.2, 0.25) is 0 Å². The lowest BCUT2D eigenvalue weighted by Gasteiger charge is -1.99. The molecule has 1 heterocycles. The summed E-state index contributed by atoms with van der Waals surface area (Å²) in [5, 5.41) is 3.18. The van der Waals surface area contributed by atoms with Crippen molar-refractivity contribution >= 4 is 16.8 Å². The Labute approximate surface area is 75.7 Å². The van der Waals surface area contributed by atoms with Crippen LogP contribution >= 0.6 is 11.6 Å². The summed E-state index contributed by atoms with van der Waals surface area (Å²) in [6, 6.07) is 0. The van der Waals surface area contributed by atoms with E-state index in [1.807, 2.05) is 13.8 Å². The van der Waals surface area contributed by atoms with Crippen LogP contribution in [0.4, 0.5) is 0 Å². The maximum atomic E-state index is 10.9. The predicted molar refractivity (Wildman–Crippen MR) is 45.5 cm³/mol. The number of aromatic nitrogens is 1. The molecule has 0 atom stereocenters. The van der Waals surface area contributed by atoms with Crippen LogP contribution in [0.5, 0.6) is 0 Å². The first-order chi connectivity index (χ1) is 5.54. The van der Waals surface area contributed by atoms with E-state index in [1.54, 1.807) is 6.92 Å². The zero-order valence-corrected chi connectivity index (χ0v) is 7.97. The van der Waals surface area contributed by atoms with Crippen molar-refractivity contribution in [2.75, 3.05) is 0 Å². The van der Waals surface area contributed by atoms with Gasteiger partial charge in [-0.2, -0.15) is 0 Å². The minimum atomic E-state index is -0.502. The Kier molecular flexibility index (Phi) is 2.52. The molecule has 0 radical (unpaired) electrons. The number of rotatable bonds is 2. The Morgan fingerprint density at radius 1 is 1.58 bits per heavy atom. The van der Waals surface area contributed by atoms with Gasteiger partial charge in [0, 0.05) is 5.92 Å². The van der Waals surface area contributed by atoms with Crippen LogP contribution in [0.15, 0.2) is 4.52 Å². The molecule has 3 nitrogen and oxygen atoms in total. The third-order valence-electron chi connectivity index (χ3n) is 1.61. The monoisotopic (exact) mass is 187 g/mol. The summed E-state index contributed by atoms with van der Waals surface area (Å²) in [4.78, 5) is 10.9. The lowest BCUT2D eigenvalue weighted by atomic mass is 10.1. The van der Waals surface area contributed by atoms with Crippen molar-refractivity contribution in [3.05, 3.63) is 17.0 Å². The zero-order chi connectivity index (χ0) is 9.30. The van der Waals surface area contributed by atoms with Crippen molar-refractivity contribution in [1.82, 2.24) is 5.16 Å². The van der Waals surface area contributed by atoms with Crippen molar-refractivity contribution in [2.24, 2.45) is 0 Å². The number of carbonyl (C=O) groups is 1. The van der Waals surface area contributed by atoms with Gasteiger partial charge in [-0.15, -0.1) is 0 Å². The van der Waals surface area contributed by atoms with Crippen LogP contribution < -0.4 is 0 Å². The van der Waals surface area contributed by atoms with Crippen molar-refractivity contribution < 1.29 is 9.32 Å². The van der Waals surface area contributed by atoms with Crippen LogP contribution in [0.1, 0.15) is 41.6 Å². The van der Waals surface area contributed by atoms with E-state index in [0.29, 0.717) is 17.0 Å². The Hall–Kier alpha value is -0.830. The standard InChI is InChI=1S/C8H10ClNO2/c1-4(2)7-6(8(9)11)5(3)10-12-7/h4H,1-3H3. The van der Waals surface area contributed by atoms with E-state index >= 15 is 0 Å². The number of hydrogen-bond acceptors (Lipinski definition) is 3. The van der Waals surface area contributed by atoms with Gasteiger partial charge in [-0.05, 0) is 18.5 Å². The van der Waals surface area contributed by atoms with E-state index < -0.39 is 5.24 Å². The molecule has 0 aliphatic rings. The molecule has 0 bridgehead atoms. The van der Waals surface area contributed by atoms with Gasteiger partial charge in [-0.25, -0.2) is 0 Å². The highest BCUT2D eigenvalue weighted by atomic mass is 35.5. The molecule has 0 saturated carbocycles. The average molecular weight is 188 g/mol. The topological polar surface area (TPSA) is 43.1 Å². The maximum Gasteiger partial charge on any atom is 0.257 e. The maximum absolute atomic E-state index is 10.9. The largest absolute Gasteiger partial charge is 0.360 e. The summed E-state index contributed by atoms with van der Waals surface area (Å²) < 4.78 is 4.96. The lowest BCUT2D eigenvalue weighted by molar-refractivity contribution is 0.107.